The quantitative estimate of drug-likeness (QED) is 0.116. The number of aromatic amines is 1. The van der Waals surface area contributed by atoms with E-state index in [1.807, 2.05) is 75.5 Å². The summed E-state index contributed by atoms with van der Waals surface area (Å²) in [7, 11) is 2.12. The van der Waals surface area contributed by atoms with Crippen LogP contribution in [-0.4, -0.2) is 209 Å². The number of piperidine rings is 1. The lowest BCUT2D eigenvalue weighted by Gasteiger charge is -2.55. The summed E-state index contributed by atoms with van der Waals surface area (Å²) in [5, 5.41) is 6.11. The Hall–Kier alpha value is -6.69. The smallest absolute Gasteiger partial charge is 0.410 e. The summed E-state index contributed by atoms with van der Waals surface area (Å²) in [6, 6.07) is 15.7. The SMILES string of the molecule is CC(C)(C)OC(=O)N1CC2(C1)C(=O)CC(=O)NC21CC1.CN1CC2(CNC(=O)c3c2[nH]c2c3CCc3cnc(-c4ccc(OCCN5CCOCC5)cc4)nc3-2)C1.O=C1c2nc(-c3ccc(OCCN4CCOCC4)cc3)ncc2CCC1Br. The first kappa shape index (κ1) is 57.7. The fraction of sp³-hybridized carbons (Fsp3) is 0.532. The number of fused-ring (bicyclic) bond motifs is 8. The number of hydrogen-bond acceptors (Lipinski definition) is 17. The van der Waals surface area contributed by atoms with E-state index in [9.17, 15) is 24.0 Å². The second kappa shape index (κ2) is 23.6. The number of amides is 3. The molecular weight excluding hydrogens is 1140 g/mol. The maximum absolute atomic E-state index is 12.9. The largest absolute Gasteiger partial charge is 0.492 e. The van der Waals surface area contributed by atoms with E-state index in [2.05, 4.69) is 68.2 Å². The van der Waals surface area contributed by atoms with Gasteiger partial charge in [0.15, 0.2) is 23.2 Å². The van der Waals surface area contributed by atoms with Gasteiger partial charge in [0.1, 0.15) is 36.0 Å². The highest BCUT2D eigenvalue weighted by Gasteiger charge is 2.71. The number of rotatable bonds is 10. The molecule has 1 saturated carbocycles. The fourth-order valence-electron chi connectivity index (χ4n) is 12.9. The molecule has 3 amide bonds. The molecule has 9 heterocycles. The number of nitrogens with zero attached hydrogens (tertiary/aromatic N) is 8. The van der Waals surface area contributed by atoms with Gasteiger partial charge in [0.2, 0.25) is 5.91 Å². The van der Waals surface area contributed by atoms with Crippen molar-refractivity contribution in [3.05, 3.63) is 94.6 Å². The minimum absolute atomic E-state index is 0.0248. The van der Waals surface area contributed by atoms with Gasteiger partial charge >= 0.3 is 6.09 Å². The summed E-state index contributed by atoms with van der Waals surface area (Å²) in [6.45, 7) is 18.9. The van der Waals surface area contributed by atoms with Gasteiger partial charge in [-0.05, 0) is 132 Å². The van der Waals surface area contributed by atoms with Crippen molar-refractivity contribution >= 4 is 45.4 Å². The normalized spacial score (nSPS) is 21.8. The number of Topliss-reactive ketones (excluding diaryl/α,β-unsaturated/α-hetero) is 2. The molecular formula is C62H74BrN11O10. The van der Waals surface area contributed by atoms with Crippen LogP contribution in [0, 0.1) is 5.41 Å². The molecule has 5 aromatic rings. The van der Waals surface area contributed by atoms with E-state index in [4.69, 9.17) is 28.7 Å². The average molecular weight is 1210 g/mol. The van der Waals surface area contributed by atoms with Crippen LogP contribution in [0.4, 0.5) is 4.79 Å². The Morgan fingerprint density at radius 1 is 0.750 bits per heavy atom. The number of nitrogens with one attached hydrogen (secondary N) is 3. The van der Waals surface area contributed by atoms with E-state index in [1.54, 1.807) is 11.1 Å². The maximum Gasteiger partial charge on any atom is 0.410 e. The van der Waals surface area contributed by atoms with Crippen molar-refractivity contribution in [2.45, 2.75) is 87.1 Å². The molecule has 5 saturated heterocycles. The Morgan fingerprint density at radius 2 is 1.31 bits per heavy atom. The average Bonchev–Trinajstić information content (AvgIpc) is 1.67. The highest BCUT2D eigenvalue weighted by atomic mass is 79.9. The van der Waals surface area contributed by atoms with Crippen LogP contribution in [0.1, 0.15) is 89.7 Å². The number of ketones is 2. The molecule has 0 bridgehead atoms. The van der Waals surface area contributed by atoms with Gasteiger partial charge in [-0.2, -0.15) is 0 Å². The molecule has 6 aliphatic heterocycles. The van der Waals surface area contributed by atoms with Crippen LogP contribution < -0.4 is 20.1 Å². The van der Waals surface area contributed by atoms with E-state index in [0.29, 0.717) is 50.2 Å². The molecule has 6 fully saturated rings. The first-order valence-electron chi connectivity index (χ1n) is 29.5. The third-order valence-electron chi connectivity index (χ3n) is 17.6. The Bertz CT molecular complexity index is 3300. The molecule has 0 radical (unpaired) electrons. The molecule has 14 rings (SSSR count). The maximum atomic E-state index is 12.9. The van der Waals surface area contributed by atoms with Crippen molar-refractivity contribution in [3.8, 4) is 45.7 Å². The Morgan fingerprint density at radius 3 is 1.86 bits per heavy atom. The molecule has 2 aromatic carbocycles. The van der Waals surface area contributed by atoms with Gasteiger partial charge in [-0.1, -0.05) is 15.9 Å². The first-order chi connectivity index (χ1) is 40.5. The van der Waals surface area contributed by atoms with Gasteiger partial charge in [0.25, 0.3) is 5.91 Å². The fourth-order valence-corrected chi connectivity index (χ4v) is 13.4. The molecule has 1 unspecified atom stereocenters. The second-order valence-electron chi connectivity index (χ2n) is 24.7. The van der Waals surface area contributed by atoms with Crippen molar-refractivity contribution in [1.29, 1.82) is 0 Å². The lowest BCUT2D eigenvalue weighted by Crippen LogP contribution is -2.74. The lowest BCUT2D eigenvalue weighted by molar-refractivity contribution is -0.153. The van der Waals surface area contributed by atoms with Gasteiger partial charge in [-0.25, -0.2) is 24.7 Å². The molecule has 3 N–H and O–H groups in total. The number of likely N-dealkylation sites (tertiary alicyclic amines) is 2. The van der Waals surface area contributed by atoms with Crippen LogP contribution in [0.5, 0.6) is 11.5 Å². The predicted octanol–water partition coefficient (Wildman–Crippen LogP) is 5.47. The van der Waals surface area contributed by atoms with E-state index in [1.165, 1.54) is 0 Å². The van der Waals surface area contributed by atoms with Gasteiger partial charge in [0, 0.05) is 101 Å². The summed E-state index contributed by atoms with van der Waals surface area (Å²) in [5.74, 6) is 2.78. The van der Waals surface area contributed by atoms with Gasteiger partial charge in [-0.3, -0.25) is 29.0 Å². The molecule has 3 aliphatic carbocycles. The zero-order valence-corrected chi connectivity index (χ0v) is 49.9. The summed E-state index contributed by atoms with van der Waals surface area (Å²) < 4.78 is 27.9. The first-order valence-corrected chi connectivity index (χ1v) is 30.4. The van der Waals surface area contributed by atoms with Crippen LogP contribution in [0.25, 0.3) is 34.2 Å². The van der Waals surface area contributed by atoms with Crippen molar-refractivity contribution in [1.82, 2.24) is 55.2 Å². The number of aromatic nitrogens is 5. The minimum Gasteiger partial charge on any atom is -0.492 e. The van der Waals surface area contributed by atoms with E-state index in [0.717, 1.165) is 179 Å². The zero-order chi connectivity index (χ0) is 58.4. The predicted molar refractivity (Wildman–Crippen MR) is 314 cm³/mol. The number of likely N-dealkylation sites (N-methyl/N-ethyl adjacent to an activating group) is 1. The van der Waals surface area contributed by atoms with Crippen molar-refractivity contribution in [2.75, 3.05) is 119 Å². The molecule has 1 atom stereocenters. The van der Waals surface area contributed by atoms with E-state index < -0.39 is 16.6 Å². The van der Waals surface area contributed by atoms with Crippen LogP contribution >= 0.6 is 15.9 Å². The van der Waals surface area contributed by atoms with Gasteiger partial charge in [-0.15, -0.1) is 0 Å². The Labute approximate surface area is 497 Å². The molecule has 22 heteroatoms. The monoisotopic (exact) mass is 1210 g/mol. The summed E-state index contributed by atoms with van der Waals surface area (Å²) in [4.78, 5) is 91.8. The summed E-state index contributed by atoms with van der Waals surface area (Å²) >= 11 is 3.43. The molecule has 21 nitrogen and oxygen atoms in total. The van der Waals surface area contributed by atoms with Crippen molar-refractivity contribution in [2.24, 2.45) is 5.41 Å². The van der Waals surface area contributed by atoms with Crippen LogP contribution in [0.3, 0.4) is 0 Å². The number of carbonyl (C=O) groups is 5. The highest BCUT2D eigenvalue weighted by Crippen LogP contribution is 2.57. The molecule has 3 aromatic heterocycles. The highest BCUT2D eigenvalue weighted by molar-refractivity contribution is 9.10. The Balaban J connectivity index is 0.000000130. The second-order valence-corrected chi connectivity index (χ2v) is 25.8. The number of morpholine rings is 2. The van der Waals surface area contributed by atoms with Crippen LogP contribution in [0.2, 0.25) is 0 Å². The summed E-state index contributed by atoms with van der Waals surface area (Å²) in [5.41, 5.74) is 7.84. The van der Waals surface area contributed by atoms with E-state index >= 15 is 0 Å². The number of halogens is 1. The van der Waals surface area contributed by atoms with Crippen LogP contribution in [-0.2, 0) is 48.5 Å². The van der Waals surface area contributed by atoms with Crippen molar-refractivity contribution < 1.29 is 47.7 Å². The third-order valence-corrected chi connectivity index (χ3v) is 18.5. The number of H-pyrrole nitrogens is 1. The number of alkyl halides is 1. The zero-order valence-electron chi connectivity index (χ0n) is 48.4. The Kier molecular flexibility index (Phi) is 16.2. The van der Waals surface area contributed by atoms with Gasteiger partial charge in [0.05, 0.1) is 71.0 Å². The molecule has 9 aliphatic rings. The number of aryl methyl sites for hydroxylation is 2. The van der Waals surface area contributed by atoms with Crippen LogP contribution in [0.15, 0.2) is 60.9 Å². The minimum atomic E-state index is -0.572. The summed E-state index contributed by atoms with van der Waals surface area (Å²) in [6.07, 6.45) is 8.21. The number of hydrogen-bond donors (Lipinski definition) is 3. The third kappa shape index (κ3) is 11.9. The van der Waals surface area contributed by atoms with Crippen molar-refractivity contribution in [3.63, 3.8) is 0 Å². The number of carbonyl (C=O) groups excluding carboxylic acids is 5. The lowest BCUT2D eigenvalue weighted by atomic mass is 9.65. The van der Waals surface area contributed by atoms with Gasteiger partial charge < -0.3 is 49.1 Å². The standard InChI is InChI=1S/C28H32N6O3.C20H22BrN3O3.C14H20N2O4/c1-33-16-28(17-33)15-30-27(35)22-21-7-4-19-14-29-26(32-23(19)24(21)31-25(22)28)18-2-5-20(6-3-18)37-13-10-34-8-11-36-12-9-34;21-17-6-3-15-13-22-20(23-18(15)19(17)25)14-1-4-16(5-2-14)27-12-9-24-7-10-26-11-8-24;1-12(2,3)20-11(19)16-7-13(8-16)9(17)6-10(18)15-14(13)4-5-14/h2-3,5-6,14,31H,4,7-13,15-17H2,1H3,(H,30,35);1-2,4-5,13,17H,3,6-12H2;4-8H2,1-3H3,(H,15,18). The molecule has 84 heavy (non-hydrogen) atoms. The van der Waals surface area contributed by atoms with E-state index in [-0.39, 0.29) is 46.1 Å². The topological polar surface area (TPSA) is 236 Å². The molecule has 444 valence electrons. The molecule has 3 spiro atoms. The number of ether oxygens (including phenoxy) is 5. The number of benzene rings is 2.